The van der Waals surface area contributed by atoms with E-state index in [1.54, 1.807) is 18.6 Å². The molecule has 2 atom stereocenters. The smallest absolute Gasteiger partial charge is 0.257 e. The van der Waals surface area contributed by atoms with E-state index in [4.69, 9.17) is 14.2 Å². The number of hydrogen-bond donors (Lipinski definition) is 1. The van der Waals surface area contributed by atoms with Gasteiger partial charge in [-0.05, 0) is 45.5 Å². The monoisotopic (exact) mass is 428 g/mol. The third-order valence-electron chi connectivity index (χ3n) is 5.82. The molecule has 4 rings (SSSR count). The van der Waals surface area contributed by atoms with Gasteiger partial charge >= 0.3 is 0 Å². The maximum Gasteiger partial charge on any atom is 0.257 e. The molecule has 2 fully saturated rings. The number of nitrogens with one attached hydrogen (secondary N) is 1. The van der Waals surface area contributed by atoms with Crippen LogP contribution in [0.3, 0.4) is 0 Å². The van der Waals surface area contributed by atoms with Crippen LogP contribution in [0.1, 0.15) is 19.8 Å². The highest BCUT2D eigenvalue weighted by molar-refractivity contribution is 5.49. The number of rotatable bonds is 9. The molecule has 2 aromatic rings. The van der Waals surface area contributed by atoms with E-state index in [0.29, 0.717) is 49.4 Å². The average Bonchev–Trinajstić information content (AvgIpc) is 3.21. The molecule has 0 saturated carbocycles. The number of piperazine rings is 1. The Hall–Kier alpha value is -2.65. The molecular weight excluding hydrogens is 396 g/mol. The summed E-state index contributed by atoms with van der Waals surface area (Å²) in [6, 6.07) is 4.48. The van der Waals surface area contributed by atoms with Gasteiger partial charge in [0.1, 0.15) is 19.8 Å². The number of aromatic nitrogens is 3. The summed E-state index contributed by atoms with van der Waals surface area (Å²) in [5.74, 6) is 2.47. The molecule has 168 valence electrons. The number of nitrogens with zero attached hydrogens (tertiary/aromatic N) is 5. The zero-order chi connectivity index (χ0) is 21.5. The van der Waals surface area contributed by atoms with Crippen molar-refractivity contribution in [2.75, 3.05) is 57.9 Å². The van der Waals surface area contributed by atoms with Gasteiger partial charge in [-0.15, -0.1) is 0 Å². The first-order valence-corrected chi connectivity index (χ1v) is 11.0. The van der Waals surface area contributed by atoms with E-state index in [-0.39, 0.29) is 0 Å². The molecule has 4 heterocycles. The fourth-order valence-corrected chi connectivity index (χ4v) is 4.02. The molecule has 2 unspecified atom stereocenters. The van der Waals surface area contributed by atoms with E-state index in [2.05, 4.69) is 44.0 Å². The van der Waals surface area contributed by atoms with Gasteiger partial charge in [-0.3, -0.25) is 0 Å². The molecule has 0 aliphatic carbocycles. The van der Waals surface area contributed by atoms with Crippen molar-refractivity contribution in [1.82, 2.24) is 25.2 Å². The Kier molecular flexibility index (Phi) is 7.37. The van der Waals surface area contributed by atoms with Crippen molar-refractivity contribution in [3.8, 4) is 17.5 Å². The highest BCUT2D eigenvalue weighted by atomic mass is 16.5. The second kappa shape index (κ2) is 10.6. The molecule has 31 heavy (non-hydrogen) atoms. The molecule has 0 bridgehead atoms. The lowest BCUT2D eigenvalue weighted by atomic mass is 10.2. The molecule has 9 heteroatoms. The summed E-state index contributed by atoms with van der Waals surface area (Å²) >= 11 is 0. The van der Waals surface area contributed by atoms with Crippen LogP contribution in [0.4, 0.5) is 5.82 Å². The lowest BCUT2D eigenvalue weighted by Crippen LogP contribution is -2.50. The van der Waals surface area contributed by atoms with Gasteiger partial charge in [-0.25, -0.2) is 15.0 Å². The van der Waals surface area contributed by atoms with Crippen LogP contribution in [0.5, 0.6) is 17.5 Å². The number of likely N-dealkylation sites (tertiary alicyclic amines) is 1. The van der Waals surface area contributed by atoms with Gasteiger partial charge in [0.05, 0.1) is 0 Å². The lowest BCUT2D eigenvalue weighted by Gasteiger charge is -2.35. The van der Waals surface area contributed by atoms with E-state index in [1.807, 2.05) is 12.1 Å². The standard InChI is InChI=1S/C22H32N6O3/c1-17-15-23-10-12-28(17)20-22(26-9-8-24-20)30-14-13-29-19-6-3-7-25-21(19)31-16-18-5-4-11-27(18)2/h3,6-9,17-18,23H,4-5,10-16H2,1-2H3. The van der Waals surface area contributed by atoms with Gasteiger partial charge in [0.15, 0.2) is 11.6 Å². The molecule has 2 saturated heterocycles. The van der Waals surface area contributed by atoms with Crippen molar-refractivity contribution < 1.29 is 14.2 Å². The minimum Gasteiger partial charge on any atom is -0.484 e. The second-order valence-corrected chi connectivity index (χ2v) is 8.02. The zero-order valence-electron chi connectivity index (χ0n) is 18.4. The molecule has 9 nitrogen and oxygen atoms in total. The van der Waals surface area contributed by atoms with Crippen LogP contribution in [0.2, 0.25) is 0 Å². The summed E-state index contributed by atoms with van der Waals surface area (Å²) < 4.78 is 17.8. The van der Waals surface area contributed by atoms with Crippen LogP contribution in [0.15, 0.2) is 30.7 Å². The van der Waals surface area contributed by atoms with Crippen molar-refractivity contribution in [1.29, 1.82) is 0 Å². The third-order valence-corrected chi connectivity index (χ3v) is 5.82. The summed E-state index contributed by atoms with van der Waals surface area (Å²) in [6.07, 6.45) is 7.44. The van der Waals surface area contributed by atoms with Gasteiger partial charge in [0.25, 0.3) is 11.8 Å². The Balaban J connectivity index is 1.30. The SMILES string of the molecule is CC1CNCCN1c1nccnc1OCCOc1cccnc1OCC1CCCN1C. The van der Waals surface area contributed by atoms with Gasteiger partial charge in [-0.1, -0.05) is 0 Å². The molecule has 2 aromatic heterocycles. The van der Waals surface area contributed by atoms with Crippen LogP contribution in [0, 0.1) is 0 Å². The molecule has 1 N–H and O–H groups in total. The zero-order valence-corrected chi connectivity index (χ0v) is 18.4. The normalized spacial score (nSPS) is 21.8. The van der Waals surface area contributed by atoms with Crippen LogP contribution in [-0.2, 0) is 0 Å². The van der Waals surface area contributed by atoms with Crippen LogP contribution >= 0.6 is 0 Å². The highest BCUT2D eigenvalue weighted by Gasteiger charge is 2.24. The molecule has 2 aliphatic rings. The predicted octanol–water partition coefficient (Wildman–Crippen LogP) is 1.60. The Bertz CT molecular complexity index is 838. The van der Waals surface area contributed by atoms with E-state index in [1.165, 1.54) is 6.42 Å². The maximum atomic E-state index is 5.96. The largest absolute Gasteiger partial charge is 0.484 e. The van der Waals surface area contributed by atoms with Crippen LogP contribution < -0.4 is 24.4 Å². The van der Waals surface area contributed by atoms with Crippen molar-refractivity contribution >= 4 is 5.82 Å². The van der Waals surface area contributed by atoms with Gasteiger partial charge < -0.3 is 29.3 Å². The van der Waals surface area contributed by atoms with Gasteiger partial charge in [0, 0.05) is 50.3 Å². The van der Waals surface area contributed by atoms with Crippen molar-refractivity contribution in [2.24, 2.45) is 0 Å². The van der Waals surface area contributed by atoms with E-state index in [9.17, 15) is 0 Å². The summed E-state index contributed by atoms with van der Waals surface area (Å²) in [5, 5.41) is 3.39. The minimum atomic E-state index is 0.332. The number of ether oxygens (including phenoxy) is 3. The van der Waals surface area contributed by atoms with E-state index in [0.717, 1.165) is 38.4 Å². The Morgan fingerprint density at radius 2 is 1.87 bits per heavy atom. The first-order chi connectivity index (χ1) is 15.2. The maximum absolute atomic E-state index is 5.96. The van der Waals surface area contributed by atoms with E-state index < -0.39 is 0 Å². The lowest BCUT2D eigenvalue weighted by molar-refractivity contribution is 0.175. The summed E-state index contributed by atoms with van der Waals surface area (Å²) in [6.45, 7) is 7.33. The Labute approximate surface area is 183 Å². The van der Waals surface area contributed by atoms with Gasteiger partial charge in [-0.2, -0.15) is 0 Å². The van der Waals surface area contributed by atoms with E-state index >= 15 is 0 Å². The number of likely N-dealkylation sites (N-methyl/N-ethyl adjacent to an activating group) is 1. The molecule has 0 radical (unpaired) electrons. The summed E-state index contributed by atoms with van der Waals surface area (Å²) in [5.41, 5.74) is 0. The summed E-state index contributed by atoms with van der Waals surface area (Å²) in [7, 11) is 2.14. The van der Waals surface area contributed by atoms with Crippen LogP contribution in [-0.4, -0.2) is 85.0 Å². The molecular formula is C22H32N6O3. The van der Waals surface area contributed by atoms with Crippen molar-refractivity contribution in [2.45, 2.75) is 31.8 Å². The minimum absolute atomic E-state index is 0.332. The quantitative estimate of drug-likeness (QED) is 0.599. The fourth-order valence-electron chi connectivity index (χ4n) is 4.02. The number of anilines is 1. The predicted molar refractivity (Wildman–Crippen MR) is 118 cm³/mol. The first kappa shape index (κ1) is 21.6. The number of pyridine rings is 1. The molecule has 2 aliphatic heterocycles. The fraction of sp³-hybridized carbons (Fsp3) is 0.591. The third kappa shape index (κ3) is 5.54. The Morgan fingerprint density at radius 1 is 1.03 bits per heavy atom. The van der Waals surface area contributed by atoms with Crippen molar-refractivity contribution in [3.63, 3.8) is 0 Å². The van der Waals surface area contributed by atoms with Crippen molar-refractivity contribution in [3.05, 3.63) is 30.7 Å². The number of hydrogen-bond acceptors (Lipinski definition) is 9. The second-order valence-electron chi connectivity index (χ2n) is 8.02. The van der Waals surface area contributed by atoms with Gasteiger partial charge in [0.2, 0.25) is 0 Å². The Morgan fingerprint density at radius 3 is 2.71 bits per heavy atom. The molecule has 0 aromatic carbocycles. The van der Waals surface area contributed by atoms with Crippen LogP contribution in [0.25, 0.3) is 0 Å². The highest BCUT2D eigenvalue weighted by Crippen LogP contribution is 2.27. The average molecular weight is 429 g/mol. The topological polar surface area (TPSA) is 84.9 Å². The molecule has 0 spiro atoms. The summed E-state index contributed by atoms with van der Waals surface area (Å²) in [4.78, 5) is 17.8. The molecule has 0 amide bonds. The first-order valence-electron chi connectivity index (χ1n) is 11.0.